The Morgan fingerprint density at radius 2 is 0.884 bits per heavy atom. The highest BCUT2D eigenvalue weighted by molar-refractivity contribution is 6.87. The monoisotopic (exact) mass is 658 g/mol. The number of carbonyl (C=O) groups excluding carboxylic acids is 4. The molecule has 0 radical (unpaired) electrons. The van der Waals surface area contributed by atoms with Gasteiger partial charge < -0.3 is 28.3 Å². The molecule has 0 rings (SSSR count). The van der Waals surface area contributed by atoms with Crippen LogP contribution in [0.2, 0.25) is 51.4 Å². The Labute approximate surface area is 263 Å². The van der Waals surface area contributed by atoms with E-state index in [1.807, 2.05) is 41.5 Å². The standard InChI is InChI=1S/C30H58N2O8Si3/c1-29(2,3)31-25(33)17-19-27(35)37-21-13-15-23-41(7,8)39-43(11,12)40-42(9,10)24-16-14-22-38-28(36)20-18-26(34)32-30(4,5)6/h17-20H,13-16,21-24H2,1-12H3,(H,31,33)(H,32,34)/b19-17+,20-18+. The van der Waals surface area contributed by atoms with E-state index in [0.717, 1.165) is 49.9 Å². The van der Waals surface area contributed by atoms with Crippen molar-refractivity contribution in [2.75, 3.05) is 13.2 Å². The van der Waals surface area contributed by atoms with Crippen LogP contribution in [0.3, 0.4) is 0 Å². The van der Waals surface area contributed by atoms with Crippen molar-refractivity contribution in [3.8, 4) is 0 Å². The number of carbonyl (C=O) groups is 4. The fourth-order valence-corrected chi connectivity index (χ4v) is 18.5. The first-order valence-electron chi connectivity index (χ1n) is 15.1. The van der Waals surface area contributed by atoms with E-state index in [4.69, 9.17) is 17.7 Å². The number of hydrogen-bond acceptors (Lipinski definition) is 8. The third-order valence-electron chi connectivity index (χ3n) is 5.62. The topological polar surface area (TPSA) is 129 Å². The fraction of sp³-hybridized carbons (Fsp3) is 0.733. The van der Waals surface area contributed by atoms with Crippen LogP contribution in [0.25, 0.3) is 0 Å². The predicted molar refractivity (Wildman–Crippen MR) is 179 cm³/mol. The molecule has 0 aromatic rings. The average Bonchev–Trinajstić information content (AvgIpc) is 2.77. The third-order valence-corrected chi connectivity index (χ3v) is 17.1. The molecular weight excluding hydrogens is 601 g/mol. The molecule has 0 spiro atoms. The minimum absolute atomic E-state index is 0.296. The molecule has 2 N–H and O–H groups in total. The van der Waals surface area contributed by atoms with Gasteiger partial charge in [-0.25, -0.2) is 9.59 Å². The molecule has 0 aromatic heterocycles. The second kappa shape index (κ2) is 18.0. The van der Waals surface area contributed by atoms with Gasteiger partial charge >= 0.3 is 20.5 Å². The minimum Gasteiger partial charge on any atom is -0.463 e. The Morgan fingerprint density at radius 3 is 1.19 bits per heavy atom. The molecular formula is C30H58N2O8Si3. The number of rotatable bonds is 18. The van der Waals surface area contributed by atoms with Crippen molar-refractivity contribution in [2.24, 2.45) is 0 Å². The highest BCUT2D eigenvalue weighted by Crippen LogP contribution is 2.26. The Morgan fingerprint density at radius 1 is 0.558 bits per heavy atom. The summed E-state index contributed by atoms with van der Waals surface area (Å²) in [7, 11) is -6.36. The lowest BCUT2D eigenvalue weighted by molar-refractivity contribution is -0.138. The lowest BCUT2D eigenvalue weighted by Gasteiger charge is -2.38. The summed E-state index contributed by atoms with van der Waals surface area (Å²) < 4.78 is 23.7. The van der Waals surface area contributed by atoms with E-state index < -0.39 is 37.1 Å². The van der Waals surface area contributed by atoms with Gasteiger partial charge in [-0.15, -0.1) is 0 Å². The van der Waals surface area contributed by atoms with Crippen LogP contribution >= 0.6 is 0 Å². The lowest BCUT2D eigenvalue weighted by Crippen LogP contribution is -2.52. The third kappa shape index (κ3) is 25.0. The van der Waals surface area contributed by atoms with E-state index in [0.29, 0.717) is 13.2 Å². The molecule has 43 heavy (non-hydrogen) atoms. The van der Waals surface area contributed by atoms with E-state index in [-0.39, 0.29) is 22.9 Å². The number of nitrogens with one attached hydrogen (secondary N) is 2. The molecule has 0 unspecified atom stereocenters. The molecule has 248 valence electrons. The largest absolute Gasteiger partial charge is 0.463 e. The Hall–Kier alpha value is -2.07. The summed E-state index contributed by atoms with van der Waals surface area (Å²) in [6.45, 7) is 24.8. The van der Waals surface area contributed by atoms with Crippen molar-refractivity contribution in [1.29, 1.82) is 0 Å². The van der Waals surface area contributed by atoms with Crippen molar-refractivity contribution in [3.05, 3.63) is 24.3 Å². The van der Waals surface area contributed by atoms with Crippen LogP contribution in [0, 0.1) is 0 Å². The van der Waals surface area contributed by atoms with Gasteiger partial charge in [-0.3, -0.25) is 9.59 Å². The molecule has 0 aliphatic heterocycles. The SMILES string of the molecule is CC(C)(C)NC(=O)/C=C/C(=O)OCCCC[Si](C)(C)O[Si](C)(C)O[Si](C)(C)CCCCOC(=O)/C=C/C(=O)NC(C)(C)C. The van der Waals surface area contributed by atoms with Crippen molar-refractivity contribution in [3.63, 3.8) is 0 Å². The summed E-state index contributed by atoms with van der Waals surface area (Å²) >= 11 is 0. The van der Waals surface area contributed by atoms with Crippen molar-refractivity contribution >= 4 is 48.9 Å². The maximum atomic E-state index is 11.9. The number of ether oxygens (including phenoxy) is 2. The summed E-state index contributed by atoms with van der Waals surface area (Å²) in [5.74, 6) is -1.71. The summed E-state index contributed by atoms with van der Waals surface area (Å²) in [4.78, 5) is 47.3. The van der Waals surface area contributed by atoms with Crippen LogP contribution in [-0.2, 0) is 36.9 Å². The Balaban J connectivity index is 4.38. The molecule has 0 aliphatic carbocycles. The average molecular weight is 659 g/mol. The normalized spacial score (nSPS) is 13.3. The number of esters is 2. The maximum Gasteiger partial charge on any atom is 0.330 e. The van der Waals surface area contributed by atoms with E-state index in [1.54, 1.807) is 0 Å². The second-order valence-electron chi connectivity index (χ2n) is 14.5. The minimum atomic E-state index is -2.37. The summed E-state index contributed by atoms with van der Waals surface area (Å²) in [6.07, 6.45) is 7.90. The van der Waals surface area contributed by atoms with Gasteiger partial charge in [-0.1, -0.05) is 12.8 Å². The lowest BCUT2D eigenvalue weighted by atomic mass is 10.1. The number of unbranched alkanes of at least 4 members (excludes halogenated alkanes) is 2. The van der Waals surface area contributed by atoms with E-state index in [2.05, 4.69) is 49.9 Å². The smallest absolute Gasteiger partial charge is 0.330 e. The molecule has 0 aliphatic rings. The highest BCUT2D eigenvalue weighted by atomic mass is 28.5. The second-order valence-corrected chi connectivity index (χ2v) is 27.0. The van der Waals surface area contributed by atoms with E-state index in [1.165, 1.54) is 12.2 Å². The highest BCUT2D eigenvalue weighted by Gasteiger charge is 2.39. The van der Waals surface area contributed by atoms with Gasteiger partial charge in [0.05, 0.1) is 13.2 Å². The molecule has 0 heterocycles. The van der Waals surface area contributed by atoms with Crippen LogP contribution in [0.15, 0.2) is 24.3 Å². The quantitative estimate of drug-likeness (QED) is 0.0828. The van der Waals surface area contributed by atoms with Gasteiger partial charge in [0.2, 0.25) is 11.8 Å². The van der Waals surface area contributed by atoms with Gasteiger partial charge in [0.15, 0.2) is 16.6 Å². The molecule has 10 nitrogen and oxygen atoms in total. The Bertz CT molecular complexity index is 905. The van der Waals surface area contributed by atoms with Crippen LogP contribution in [0.1, 0.15) is 67.2 Å². The van der Waals surface area contributed by atoms with Crippen LogP contribution in [0.4, 0.5) is 0 Å². The fourth-order valence-electron chi connectivity index (χ4n) is 4.31. The Kier molecular flexibility index (Phi) is 17.2. The van der Waals surface area contributed by atoms with Gasteiger partial charge in [0.1, 0.15) is 0 Å². The summed E-state index contributed by atoms with van der Waals surface area (Å²) in [5.41, 5.74) is -0.731. The van der Waals surface area contributed by atoms with Crippen molar-refractivity contribution in [1.82, 2.24) is 10.6 Å². The van der Waals surface area contributed by atoms with Gasteiger partial charge in [0.25, 0.3) is 0 Å². The first-order chi connectivity index (χ1) is 19.4. The van der Waals surface area contributed by atoms with E-state index in [9.17, 15) is 19.2 Å². The van der Waals surface area contributed by atoms with Crippen LogP contribution in [-0.4, -0.2) is 73.2 Å². The van der Waals surface area contributed by atoms with Crippen molar-refractivity contribution < 1.29 is 36.9 Å². The van der Waals surface area contributed by atoms with Crippen LogP contribution in [0.5, 0.6) is 0 Å². The summed E-state index contributed by atoms with van der Waals surface area (Å²) in [5, 5.41) is 5.51. The maximum absolute atomic E-state index is 11.9. The molecule has 0 saturated carbocycles. The molecule has 0 bridgehead atoms. The zero-order valence-corrected chi connectivity index (χ0v) is 31.7. The first kappa shape index (κ1) is 40.9. The predicted octanol–water partition coefficient (Wildman–Crippen LogP) is 5.72. The first-order valence-corrected chi connectivity index (χ1v) is 24.2. The molecule has 13 heteroatoms. The van der Waals surface area contributed by atoms with E-state index >= 15 is 0 Å². The molecule has 2 amide bonds. The van der Waals surface area contributed by atoms with Gasteiger partial charge in [-0.2, -0.15) is 0 Å². The van der Waals surface area contributed by atoms with Crippen LogP contribution < -0.4 is 10.6 Å². The number of hydrogen-bond donors (Lipinski definition) is 2. The summed E-state index contributed by atoms with van der Waals surface area (Å²) in [6, 6.07) is 1.85. The molecule has 0 saturated heterocycles. The number of amides is 2. The zero-order chi connectivity index (χ0) is 33.5. The van der Waals surface area contributed by atoms with Crippen molar-refractivity contribution in [2.45, 2.75) is 130 Å². The molecule has 0 fully saturated rings. The van der Waals surface area contributed by atoms with Gasteiger partial charge in [-0.05, 0) is 106 Å². The zero-order valence-electron chi connectivity index (χ0n) is 28.7. The van der Waals surface area contributed by atoms with Gasteiger partial charge in [0, 0.05) is 35.4 Å². The molecule has 0 aromatic carbocycles. The molecule has 0 atom stereocenters.